The van der Waals surface area contributed by atoms with E-state index in [1.807, 2.05) is 0 Å². The zero-order chi connectivity index (χ0) is 28.1. The Labute approximate surface area is 226 Å². The number of anilines is 1. The Bertz CT molecular complexity index is 1620. The summed E-state index contributed by atoms with van der Waals surface area (Å²) in [5.41, 5.74) is 2.32. The first kappa shape index (κ1) is 25.7. The lowest BCUT2D eigenvalue weighted by Crippen LogP contribution is -2.48. The van der Waals surface area contributed by atoms with Crippen molar-refractivity contribution in [3.05, 3.63) is 94.9 Å². The Kier molecular flexibility index (Phi) is 6.36. The highest BCUT2D eigenvalue weighted by Gasteiger charge is 2.38. The second kappa shape index (κ2) is 9.89. The smallest absolute Gasteiger partial charge is 0.274 e. The molecule has 4 aromatic rings. The number of benzene rings is 2. The quantitative estimate of drug-likeness (QED) is 0.266. The van der Waals surface area contributed by atoms with Crippen LogP contribution in [0.1, 0.15) is 34.5 Å². The van der Waals surface area contributed by atoms with Gasteiger partial charge in [0.05, 0.1) is 23.5 Å². The molecule has 2 aliphatic heterocycles. The third kappa shape index (κ3) is 4.31. The number of carbonyl (C=O) groups excluding carboxylic acids is 2. The fourth-order valence-electron chi connectivity index (χ4n) is 5.43. The Morgan fingerprint density at radius 2 is 1.60 bits per heavy atom. The lowest BCUT2D eigenvalue weighted by atomic mass is 10.0. The highest BCUT2D eigenvalue weighted by Crippen LogP contribution is 2.37. The summed E-state index contributed by atoms with van der Waals surface area (Å²) in [5.74, 6) is -5.34. The summed E-state index contributed by atoms with van der Waals surface area (Å²) in [7, 11) is 0. The van der Waals surface area contributed by atoms with Crippen LogP contribution in [0, 0.1) is 30.2 Å². The molecule has 2 aromatic heterocycles. The molecule has 0 bridgehead atoms. The van der Waals surface area contributed by atoms with Gasteiger partial charge in [0.15, 0.2) is 23.1 Å². The molecular formula is C29H23F4N5O2. The highest BCUT2D eigenvalue weighted by molar-refractivity contribution is 6.02. The number of fused-ring (bicyclic) bond motifs is 1. The first-order valence-electron chi connectivity index (χ1n) is 12.8. The number of nitrogens with zero attached hydrogens (tertiary/aromatic N) is 5. The number of rotatable bonds is 4. The van der Waals surface area contributed by atoms with E-state index in [1.54, 1.807) is 36.1 Å². The number of aryl methyl sites for hydroxylation is 1. The molecule has 0 unspecified atom stereocenters. The Balaban J connectivity index is 1.27. The van der Waals surface area contributed by atoms with Crippen LogP contribution in [0.15, 0.2) is 54.9 Å². The largest absolute Gasteiger partial charge is 0.337 e. The van der Waals surface area contributed by atoms with Gasteiger partial charge in [-0.25, -0.2) is 22.2 Å². The van der Waals surface area contributed by atoms with Crippen LogP contribution in [-0.2, 0) is 11.2 Å². The molecule has 1 saturated heterocycles. The molecule has 11 heteroatoms. The zero-order valence-electron chi connectivity index (χ0n) is 21.4. The van der Waals surface area contributed by atoms with E-state index in [0.717, 1.165) is 12.1 Å². The van der Waals surface area contributed by atoms with Crippen LogP contribution in [0.5, 0.6) is 0 Å². The van der Waals surface area contributed by atoms with Gasteiger partial charge in [0.1, 0.15) is 5.82 Å². The maximum absolute atomic E-state index is 15.0. The van der Waals surface area contributed by atoms with Gasteiger partial charge in [0, 0.05) is 49.2 Å². The monoisotopic (exact) mass is 549 g/mol. The predicted octanol–water partition coefficient (Wildman–Crippen LogP) is 4.99. The number of pyridine rings is 1. The van der Waals surface area contributed by atoms with Crippen LogP contribution in [-0.4, -0.2) is 50.6 Å². The predicted molar refractivity (Wildman–Crippen MR) is 138 cm³/mol. The van der Waals surface area contributed by atoms with Gasteiger partial charge in [-0.15, -0.1) is 0 Å². The second-order valence-electron chi connectivity index (χ2n) is 9.95. The normalized spacial score (nSPS) is 15.6. The average molecular weight is 550 g/mol. The summed E-state index contributed by atoms with van der Waals surface area (Å²) in [6, 6.07) is 9.60. The minimum Gasteiger partial charge on any atom is -0.337 e. The molecule has 1 fully saturated rings. The van der Waals surface area contributed by atoms with Crippen molar-refractivity contribution in [3.8, 4) is 16.9 Å². The van der Waals surface area contributed by atoms with E-state index in [9.17, 15) is 27.2 Å². The number of hydrogen-bond acceptors (Lipinski definition) is 4. The number of halogens is 4. The van der Waals surface area contributed by atoms with Crippen molar-refractivity contribution in [1.82, 2.24) is 19.7 Å². The topological polar surface area (TPSA) is 71.3 Å². The molecule has 0 aliphatic carbocycles. The molecule has 0 radical (unpaired) electrons. The number of carbonyl (C=O) groups is 2. The van der Waals surface area contributed by atoms with Crippen molar-refractivity contribution in [2.45, 2.75) is 32.2 Å². The van der Waals surface area contributed by atoms with E-state index >= 15 is 0 Å². The van der Waals surface area contributed by atoms with Crippen molar-refractivity contribution in [1.29, 1.82) is 0 Å². The molecular weight excluding hydrogens is 526 g/mol. The van der Waals surface area contributed by atoms with Gasteiger partial charge in [-0.3, -0.25) is 14.6 Å². The van der Waals surface area contributed by atoms with E-state index in [0.29, 0.717) is 54.0 Å². The molecule has 6 rings (SSSR count). The fraction of sp³-hybridized carbons (Fsp3) is 0.241. The maximum Gasteiger partial charge on any atom is 0.274 e. The van der Waals surface area contributed by atoms with Crippen LogP contribution >= 0.6 is 0 Å². The molecule has 7 nitrogen and oxygen atoms in total. The van der Waals surface area contributed by atoms with Crippen LogP contribution in [0.3, 0.4) is 0 Å². The second-order valence-corrected chi connectivity index (χ2v) is 9.95. The van der Waals surface area contributed by atoms with Crippen molar-refractivity contribution < 1.29 is 27.2 Å². The number of likely N-dealkylation sites (tertiary alicyclic amines) is 1. The van der Waals surface area contributed by atoms with Crippen LogP contribution in [0.4, 0.5) is 23.2 Å². The fourth-order valence-corrected chi connectivity index (χ4v) is 5.43. The van der Waals surface area contributed by atoms with Gasteiger partial charge in [-0.2, -0.15) is 5.10 Å². The standard InChI is InChI=1S/C29H23F4N5O2/c1-16-2-3-18-12-25(39)37(28(18)26(16)32)19-6-10-36(11-7-19)29(40)23-15-24(17-4-8-34-9-5-17)38(35-23)20-13-21(30)27(33)22(31)14-20/h2-5,8-9,13-15,19H,6-7,10-12H2,1H3. The molecule has 2 amide bonds. The van der Waals surface area contributed by atoms with Crippen molar-refractivity contribution >= 4 is 17.5 Å². The number of amides is 2. The first-order valence-corrected chi connectivity index (χ1v) is 12.8. The molecule has 0 spiro atoms. The minimum absolute atomic E-state index is 0.0275. The molecule has 0 N–H and O–H groups in total. The summed E-state index contributed by atoms with van der Waals surface area (Å²) in [6.07, 6.45) is 4.07. The lowest BCUT2D eigenvalue weighted by molar-refractivity contribution is -0.118. The summed E-state index contributed by atoms with van der Waals surface area (Å²) in [4.78, 5) is 33.4. The van der Waals surface area contributed by atoms with Crippen molar-refractivity contribution in [2.24, 2.45) is 0 Å². The van der Waals surface area contributed by atoms with Gasteiger partial charge in [0.2, 0.25) is 5.91 Å². The van der Waals surface area contributed by atoms with Crippen LogP contribution < -0.4 is 4.90 Å². The summed E-state index contributed by atoms with van der Waals surface area (Å²) in [5, 5.41) is 4.34. The highest BCUT2D eigenvalue weighted by atomic mass is 19.2. The van der Waals surface area contributed by atoms with Gasteiger partial charge < -0.3 is 9.80 Å². The molecule has 204 valence electrons. The molecule has 0 saturated carbocycles. The van der Waals surface area contributed by atoms with Gasteiger partial charge in [0.25, 0.3) is 5.91 Å². The molecule has 4 heterocycles. The minimum atomic E-state index is -1.60. The van der Waals surface area contributed by atoms with Crippen LogP contribution in [0.25, 0.3) is 16.9 Å². The van der Waals surface area contributed by atoms with E-state index in [2.05, 4.69) is 10.1 Å². The first-order chi connectivity index (χ1) is 19.2. The summed E-state index contributed by atoms with van der Waals surface area (Å²) < 4.78 is 57.9. The Hall–Kier alpha value is -4.54. The van der Waals surface area contributed by atoms with Gasteiger partial charge >= 0.3 is 0 Å². The lowest BCUT2D eigenvalue weighted by Gasteiger charge is -2.37. The summed E-state index contributed by atoms with van der Waals surface area (Å²) in [6.45, 7) is 2.26. The van der Waals surface area contributed by atoms with Crippen LogP contribution in [0.2, 0.25) is 0 Å². The molecule has 40 heavy (non-hydrogen) atoms. The third-order valence-electron chi connectivity index (χ3n) is 7.48. The van der Waals surface area contributed by atoms with Gasteiger partial charge in [-0.05, 0) is 49.1 Å². The zero-order valence-corrected chi connectivity index (χ0v) is 21.4. The van der Waals surface area contributed by atoms with E-state index in [-0.39, 0.29) is 29.8 Å². The van der Waals surface area contributed by atoms with Crippen molar-refractivity contribution in [3.63, 3.8) is 0 Å². The Morgan fingerprint density at radius 1 is 0.925 bits per heavy atom. The molecule has 2 aliphatic rings. The SMILES string of the molecule is Cc1ccc2c(c1F)N(C1CCN(C(=O)c3cc(-c4ccncc4)n(-c4cc(F)c(F)c(F)c4)n3)CC1)C(=O)C2. The average Bonchev–Trinajstić information content (AvgIpc) is 3.55. The summed E-state index contributed by atoms with van der Waals surface area (Å²) >= 11 is 0. The van der Waals surface area contributed by atoms with E-state index in [4.69, 9.17) is 0 Å². The van der Waals surface area contributed by atoms with Gasteiger partial charge in [-0.1, -0.05) is 12.1 Å². The maximum atomic E-state index is 15.0. The molecule has 2 aromatic carbocycles. The van der Waals surface area contributed by atoms with E-state index in [1.165, 1.54) is 28.0 Å². The third-order valence-corrected chi connectivity index (χ3v) is 7.48. The Morgan fingerprint density at radius 3 is 2.27 bits per heavy atom. The molecule has 0 atom stereocenters. The number of hydrogen-bond donors (Lipinski definition) is 0. The van der Waals surface area contributed by atoms with E-state index < -0.39 is 29.2 Å². The van der Waals surface area contributed by atoms with Crippen molar-refractivity contribution in [2.75, 3.05) is 18.0 Å². The number of piperidine rings is 1. The number of aromatic nitrogens is 3.